The van der Waals surface area contributed by atoms with Crippen LogP contribution < -0.4 is 0 Å². The van der Waals surface area contributed by atoms with E-state index >= 15 is 0 Å². The summed E-state index contributed by atoms with van der Waals surface area (Å²) in [4.78, 5) is 13.9. The molecule has 2 rings (SSSR count). The van der Waals surface area contributed by atoms with Gasteiger partial charge in [0.05, 0.1) is 5.60 Å². The molecule has 0 atom stereocenters. The van der Waals surface area contributed by atoms with Crippen LogP contribution in [-0.2, 0) is 9.47 Å². The van der Waals surface area contributed by atoms with Gasteiger partial charge in [-0.15, -0.1) is 0 Å². The number of carbonyl (C=O) groups is 1. The van der Waals surface area contributed by atoms with Gasteiger partial charge >= 0.3 is 6.09 Å². The first-order valence-electron chi connectivity index (χ1n) is 7.27. The van der Waals surface area contributed by atoms with Gasteiger partial charge in [0.2, 0.25) is 0 Å². The number of likely N-dealkylation sites (tertiary alicyclic amines) is 1. The normalized spacial score (nSPS) is 25.6. The number of ether oxygens (including phenoxy) is 2. The van der Waals surface area contributed by atoms with Crippen LogP contribution in [0.3, 0.4) is 0 Å². The van der Waals surface area contributed by atoms with E-state index in [-0.39, 0.29) is 17.1 Å². The van der Waals surface area contributed by atoms with Gasteiger partial charge in [0, 0.05) is 25.1 Å². The third-order valence-electron chi connectivity index (χ3n) is 4.69. The van der Waals surface area contributed by atoms with Crippen molar-refractivity contribution in [2.75, 3.05) is 19.7 Å². The molecule has 4 nitrogen and oxygen atoms in total. The number of rotatable bonds is 0. The molecule has 2 aliphatic rings. The third kappa shape index (κ3) is 2.88. The molecule has 4 heteroatoms. The summed E-state index contributed by atoms with van der Waals surface area (Å²) < 4.78 is 11.3. The predicted octanol–water partition coefficient (Wildman–Crippen LogP) is 3.20. The minimum atomic E-state index is -0.415. The van der Waals surface area contributed by atoms with Gasteiger partial charge < -0.3 is 14.4 Å². The molecule has 0 aromatic heterocycles. The highest BCUT2D eigenvalue weighted by atomic mass is 16.6. The average Bonchev–Trinajstić information content (AvgIpc) is 2.53. The first kappa shape index (κ1) is 14.6. The highest BCUT2D eigenvalue weighted by Gasteiger charge is 2.51. The molecule has 0 bridgehead atoms. The van der Waals surface area contributed by atoms with Crippen molar-refractivity contribution in [3.8, 4) is 0 Å². The average molecular weight is 269 g/mol. The van der Waals surface area contributed by atoms with E-state index in [1.807, 2.05) is 25.7 Å². The lowest BCUT2D eigenvalue weighted by atomic mass is 9.67. The van der Waals surface area contributed by atoms with Crippen LogP contribution in [0.1, 0.15) is 53.9 Å². The summed E-state index contributed by atoms with van der Waals surface area (Å²) in [5.41, 5.74) is -0.236. The van der Waals surface area contributed by atoms with Crippen molar-refractivity contribution in [1.29, 1.82) is 0 Å². The van der Waals surface area contributed by atoms with Gasteiger partial charge in [0.25, 0.3) is 0 Å². The van der Waals surface area contributed by atoms with Crippen molar-refractivity contribution in [3.05, 3.63) is 0 Å². The summed E-state index contributed by atoms with van der Waals surface area (Å²) in [5.74, 6) is 0. The Hall–Kier alpha value is -0.770. The Morgan fingerprint density at radius 3 is 2.16 bits per heavy atom. The van der Waals surface area contributed by atoms with Crippen LogP contribution in [0.15, 0.2) is 0 Å². The molecule has 2 saturated heterocycles. The molecule has 1 amide bonds. The van der Waals surface area contributed by atoms with Crippen molar-refractivity contribution in [2.45, 2.75) is 65.1 Å². The number of nitrogens with zero attached hydrogens (tertiary/aromatic N) is 1. The largest absolute Gasteiger partial charge is 0.444 e. The highest BCUT2D eigenvalue weighted by Crippen LogP contribution is 2.50. The second kappa shape index (κ2) is 4.65. The molecule has 0 aromatic rings. The number of amides is 1. The fraction of sp³-hybridized carbons (Fsp3) is 0.933. The first-order chi connectivity index (χ1) is 8.65. The van der Waals surface area contributed by atoms with Gasteiger partial charge in [-0.25, -0.2) is 4.79 Å². The SMILES string of the molecule is CC(C)(C)OC(=O)N1CCC2(CCOC2(C)C)CC1. The Kier molecular flexibility index (Phi) is 3.58. The first-order valence-corrected chi connectivity index (χ1v) is 7.27. The van der Waals surface area contributed by atoms with Crippen molar-refractivity contribution in [2.24, 2.45) is 5.41 Å². The molecule has 0 aromatic carbocycles. The van der Waals surface area contributed by atoms with Crippen LogP contribution in [0.25, 0.3) is 0 Å². The minimum Gasteiger partial charge on any atom is -0.444 e. The van der Waals surface area contributed by atoms with E-state index in [1.165, 1.54) is 0 Å². The number of hydrogen-bond donors (Lipinski definition) is 0. The smallest absolute Gasteiger partial charge is 0.410 e. The van der Waals surface area contributed by atoms with E-state index in [9.17, 15) is 4.79 Å². The monoisotopic (exact) mass is 269 g/mol. The van der Waals surface area contributed by atoms with Crippen molar-refractivity contribution in [1.82, 2.24) is 4.90 Å². The standard InChI is InChI=1S/C15H27NO3/c1-13(2,3)19-12(17)16-9-6-15(7-10-16)8-11-18-14(15,4)5/h6-11H2,1-5H3. The van der Waals surface area contributed by atoms with Crippen LogP contribution in [0.4, 0.5) is 4.79 Å². The molecule has 1 spiro atoms. The van der Waals surface area contributed by atoms with Crippen LogP contribution in [-0.4, -0.2) is 41.9 Å². The van der Waals surface area contributed by atoms with Gasteiger partial charge in [-0.1, -0.05) is 0 Å². The lowest BCUT2D eigenvalue weighted by Gasteiger charge is -2.46. The van der Waals surface area contributed by atoms with Crippen molar-refractivity contribution in [3.63, 3.8) is 0 Å². The van der Waals surface area contributed by atoms with Crippen LogP contribution >= 0.6 is 0 Å². The van der Waals surface area contributed by atoms with Crippen molar-refractivity contribution >= 4 is 6.09 Å². The van der Waals surface area contributed by atoms with Gasteiger partial charge in [-0.05, 0) is 53.9 Å². The molecule has 0 radical (unpaired) electrons. The van der Waals surface area contributed by atoms with Crippen LogP contribution in [0, 0.1) is 5.41 Å². The molecule has 0 saturated carbocycles. The summed E-state index contributed by atoms with van der Waals surface area (Å²) >= 11 is 0. The fourth-order valence-electron chi connectivity index (χ4n) is 3.25. The molecule has 19 heavy (non-hydrogen) atoms. The maximum Gasteiger partial charge on any atom is 0.410 e. The predicted molar refractivity (Wildman–Crippen MR) is 74.1 cm³/mol. The van der Waals surface area contributed by atoms with Crippen LogP contribution in [0.2, 0.25) is 0 Å². The van der Waals surface area contributed by atoms with E-state index < -0.39 is 5.60 Å². The quantitative estimate of drug-likeness (QED) is 0.678. The summed E-state index contributed by atoms with van der Waals surface area (Å²) in [5, 5.41) is 0. The zero-order chi connectivity index (χ0) is 14.3. The second-order valence-electron chi connectivity index (χ2n) is 7.36. The second-order valence-corrected chi connectivity index (χ2v) is 7.36. The number of carbonyl (C=O) groups excluding carboxylic acids is 1. The molecule has 110 valence electrons. The van der Waals surface area contributed by atoms with Crippen LogP contribution in [0.5, 0.6) is 0 Å². The van der Waals surface area contributed by atoms with Gasteiger partial charge in [-0.2, -0.15) is 0 Å². The molecule has 0 unspecified atom stereocenters. The molecule has 2 aliphatic heterocycles. The zero-order valence-corrected chi connectivity index (χ0v) is 12.9. The molecule has 0 N–H and O–H groups in total. The van der Waals surface area contributed by atoms with Gasteiger partial charge in [0.15, 0.2) is 0 Å². The minimum absolute atomic E-state index is 0.0625. The molecular weight excluding hydrogens is 242 g/mol. The van der Waals surface area contributed by atoms with E-state index in [1.54, 1.807) is 0 Å². The van der Waals surface area contributed by atoms with Crippen molar-refractivity contribution < 1.29 is 14.3 Å². The Morgan fingerprint density at radius 1 is 1.16 bits per heavy atom. The third-order valence-corrected chi connectivity index (χ3v) is 4.69. The Labute approximate surface area is 116 Å². The molecule has 2 fully saturated rings. The van der Waals surface area contributed by atoms with E-state index in [2.05, 4.69) is 13.8 Å². The Morgan fingerprint density at radius 2 is 1.74 bits per heavy atom. The van der Waals surface area contributed by atoms with E-state index in [0.717, 1.165) is 39.0 Å². The number of piperidine rings is 1. The Balaban J connectivity index is 1.94. The van der Waals surface area contributed by atoms with Gasteiger partial charge in [-0.3, -0.25) is 0 Å². The Bertz CT molecular complexity index is 349. The zero-order valence-electron chi connectivity index (χ0n) is 12.9. The summed E-state index contributed by atoms with van der Waals surface area (Å²) in [6.07, 6.45) is 2.96. The topological polar surface area (TPSA) is 38.8 Å². The maximum atomic E-state index is 12.1. The molecule has 0 aliphatic carbocycles. The summed E-state index contributed by atoms with van der Waals surface area (Å²) in [7, 11) is 0. The highest BCUT2D eigenvalue weighted by molar-refractivity contribution is 5.68. The lowest BCUT2D eigenvalue weighted by molar-refractivity contribution is -0.0620. The fourth-order valence-corrected chi connectivity index (χ4v) is 3.25. The van der Waals surface area contributed by atoms with Gasteiger partial charge in [0.1, 0.15) is 5.60 Å². The molecular formula is C15H27NO3. The lowest BCUT2D eigenvalue weighted by Crippen LogP contribution is -2.50. The van der Waals surface area contributed by atoms with E-state index in [4.69, 9.17) is 9.47 Å². The number of hydrogen-bond acceptors (Lipinski definition) is 3. The maximum absolute atomic E-state index is 12.1. The molecule has 2 heterocycles. The summed E-state index contributed by atoms with van der Waals surface area (Å²) in [6, 6.07) is 0. The summed E-state index contributed by atoms with van der Waals surface area (Å²) in [6.45, 7) is 12.5. The van der Waals surface area contributed by atoms with E-state index in [0.29, 0.717) is 0 Å².